The van der Waals surface area contributed by atoms with Crippen LogP contribution in [0.3, 0.4) is 0 Å². The molecule has 0 amide bonds. The predicted octanol–water partition coefficient (Wildman–Crippen LogP) is 3.72. The van der Waals surface area contributed by atoms with Crippen molar-refractivity contribution in [2.24, 2.45) is 5.10 Å². The number of ether oxygens (including phenoxy) is 2. The van der Waals surface area contributed by atoms with Crippen LogP contribution in [0.1, 0.15) is 12.5 Å². The number of nitrogens with zero attached hydrogens (tertiary/aromatic N) is 4. The molecular weight excluding hydrogens is 466 g/mol. The summed E-state index contributed by atoms with van der Waals surface area (Å²) in [5.74, 6) is 0.461. The number of pyridine rings is 1. The van der Waals surface area contributed by atoms with E-state index in [1.807, 2.05) is 0 Å². The summed E-state index contributed by atoms with van der Waals surface area (Å²) in [6, 6.07) is 12.2. The van der Waals surface area contributed by atoms with Crippen LogP contribution in [0, 0.1) is 10.1 Å². The number of nitrogens with one attached hydrogen (secondary N) is 1. The lowest BCUT2D eigenvalue weighted by molar-refractivity contribution is -0.385. The maximum atomic E-state index is 12.6. The highest BCUT2D eigenvalue weighted by Crippen LogP contribution is 2.39. The summed E-state index contributed by atoms with van der Waals surface area (Å²) in [5.41, 5.74) is -0.617. The van der Waals surface area contributed by atoms with E-state index in [2.05, 4.69) is 15.1 Å². The van der Waals surface area contributed by atoms with Crippen molar-refractivity contribution in [2.45, 2.75) is 6.92 Å². The van der Waals surface area contributed by atoms with Gasteiger partial charge in [0.05, 0.1) is 33.7 Å². The lowest BCUT2D eigenvalue weighted by Crippen LogP contribution is -2.32. The number of hydrogen-bond donors (Lipinski definition) is 1. The molecule has 0 aliphatic heterocycles. The minimum atomic E-state index is -0.694. The fraction of sp³-hybridized carbons (Fsp3) is 0.0909. The van der Waals surface area contributed by atoms with Gasteiger partial charge in [-0.3, -0.25) is 14.9 Å². The molecular formula is C22H16ClN5O6. The average Bonchev–Trinajstić information content (AvgIpc) is 2.81. The first-order valence-corrected chi connectivity index (χ1v) is 10.3. The zero-order valence-electron chi connectivity index (χ0n) is 17.6. The Hall–Kier alpha value is -4.51. The van der Waals surface area contributed by atoms with Gasteiger partial charge in [0.15, 0.2) is 11.5 Å². The van der Waals surface area contributed by atoms with Crippen molar-refractivity contribution in [1.82, 2.24) is 14.6 Å². The average molecular weight is 482 g/mol. The molecule has 0 fully saturated rings. The Bertz CT molecular complexity index is 1530. The molecule has 0 radical (unpaired) electrons. The van der Waals surface area contributed by atoms with E-state index in [0.717, 1.165) is 6.20 Å². The first-order valence-electron chi connectivity index (χ1n) is 9.90. The number of para-hydroxylation sites is 1. The highest BCUT2D eigenvalue weighted by Gasteiger charge is 2.15. The molecule has 0 bridgehead atoms. The van der Waals surface area contributed by atoms with Gasteiger partial charge in [0.1, 0.15) is 6.20 Å². The summed E-state index contributed by atoms with van der Waals surface area (Å²) in [6.07, 6.45) is 2.34. The first kappa shape index (κ1) is 22.7. The van der Waals surface area contributed by atoms with Gasteiger partial charge in [-0.1, -0.05) is 23.7 Å². The number of nitro groups is 1. The van der Waals surface area contributed by atoms with E-state index < -0.39 is 16.2 Å². The van der Waals surface area contributed by atoms with Crippen LogP contribution in [-0.2, 0) is 0 Å². The summed E-state index contributed by atoms with van der Waals surface area (Å²) < 4.78 is 12.0. The molecule has 172 valence electrons. The van der Waals surface area contributed by atoms with Crippen LogP contribution in [0.15, 0.2) is 69.4 Å². The van der Waals surface area contributed by atoms with Crippen molar-refractivity contribution in [2.75, 3.05) is 6.61 Å². The number of H-pyrrole nitrogens is 1. The maximum Gasteiger partial charge on any atom is 0.349 e. The highest BCUT2D eigenvalue weighted by atomic mass is 35.5. The molecule has 0 aliphatic rings. The second-order valence-electron chi connectivity index (χ2n) is 6.81. The van der Waals surface area contributed by atoms with Crippen LogP contribution in [0.2, 0.25) is 5.02 Å². The normalized spacial score (nSPS) is 11.1. The van der Waals surface area contributed by atoms with Crippen molar-refractivity contribution >= 4 is 34.4 Å². The molecule has 2 aromatic heterocycles. The standard InChI is InChI=1S/C22H16ClN5O6/c1-2-33-18-10-13(9-16(23)20(18)34-19-8-7-14(12-24-19)28(31)32)11-25-27-21(29)15-5-3-4-6-17(15)26-22(27)30/h3-12H,2H2,1H3,(H,26,30). The third kappa shape index (κ3) is 4.64. The minimum absolute atomic E-state index is 0.0733. The van der Waals surface area contributed by atoms with Crippen LogP contribution in [-0.4, -0.2) is 32.4 Å². The Balaban J connectivity index is 1.68. The summed E-state index contributed by atoms with van der Waals surface area (Å²) in [4.78, 5) is 41.7. The lowest BCUT2D eigenvalue weighted by Gasteiger charge is -2.13. The summed E-state index contributed by atoms with van der Waals surface area (Å²) in [7, 11) is 0. The van der Waals surface area contributed by atoms with Gasteiger partial charge in [0, 0.05) is 12.1 Å². The Kier molecular flexibility index (Phi) is 6.37. The van der Waals surface area contributed by atoms with Crippen LogP contribution in [0.5, 0.6) is 17.4 Å². The topological polar surface area (TPSA) is 142 Å². The highest BCUT2D eigenvalue weighted by molar-refractivity contribution is 6.32. The number of aromatic amines is 1. The van der Waals surface area contributed by atoms with Gasteiger partial charge >= 0.3 is 5.69 Å². The SMILES string of the molecule is CCOc1cc(C=Nn2c(=O)[nH]c3ccccc3c2=O)cc(Cl)c1Oc1ccc([N+](=O)[O-])cn1. The molecule has 0 atom stereocenters. The van der Waals surface area contributed by atoms with Gasteiger partial charge in [-0.2, -0.15) is 5.10 Å². The molecule has 0 aliphatic carbocycles. The van der Waals surface area contributed by atoms with Gasteiger partial charge in [-0.25, -0.2) is 9.78 Å². The molecule has 2 heterocycles. The van der Waals surface area contributed by atoms with E-state index in [-0.39, 0.29) is 34.7 Å². The molecule has 0 saturated carbocycles. The number of hydrogen-bond acceptors (Lipinski definition) is 8. The Labute approximate surface area is 196 Å². The van der Waals surface area contributed by atoms with E-state index in [4.69, 9.17) is 21.1 Å². The molecule has 0 saturated heterocycles. The van der Waals surface area contributed by atoms with Crippen molar-refractivity contribution in [3.8, 4) is 17.4 Å². The largest absolute Gasteiger partial charge is 0.490 e. The van der Waals surface area contributed by atoms with E-state index in [9.17, 15) is 19.7 Å². The van der Waals surface area contributed by atoms with Crippen LogP contribution < -0.4 is 20.7 Å². The minimum Gasteiger partial charge on any atom is -0.490 e. The second-order valence-corrected chi connectivity index (χ2v) is 7.22. The number of halogens is 1. The van der Waals surface area contributed by atoms with E-state index >= 15 is 0 Å². The molecule has 0 spiro atoms. The van der Waals surface area contributed by atoms with Crippen molar-refractivity contribution < 1.29 is 14.4 Å². The third-order valence-electron chi connectivity index (χ3n) is 4.58. The molecule has 4 aromatic rings. The van der Waals surface area contributed by atoms with Crippen LogP contribution in [0.4, 0.5) is 5.69 Å². The quantitative estimate of drug-likeness (QED) is 0.241. The van der Waals surface area contributed by atoms with Gasteiger partial charge in [0.25, 0.3) is 11.2 Å². The molecule has 1 N–H and O–H groups in total. The Morgan fingerprint density at radius 1 is 1.24 bits per heavy atom. The molecule has 4 rings (SSSR count). The smallest absolute Gasteiger partial charge is 0.349 e. The summed E-state index contributed by atoms with van der Waals surface area (Å²) >= 11 is 6.39. The van der Waals surface area contributed by atoms with E-state index in [1.165, 1.54) is 24.4 Å². The van der Waals surface area contributed by atoms with Gasteiger partial charge in [0.2, 0.25) is 5.88 Å². The Morgan fingerprint density at radius 3 is 2.74 bits per heavy atom. The van der Waals surface area contributed by atoms with Gasteiger partial charge in [-0.15, -0.1) is 4.68 Å². The number of rotatable bonds is 7. The lowest BCUT2D eigenvalue weighted by atomic mass is 10.2. The number of aromatic nitrogens is 3. The molecule has 12 heteroatoms. The fourth-order valence-corrected chi connectivity index (χ4v) is 3.31. The molecule has 11 nitrogen and oxygen atoms in total. The molecule has 2 aromatic carbocycles. The Morgan fingerprint density at radius 2 is 2.03 bits per heavy atom. The van der Waals surface area contributed by atoms with Gasteiger partial charge in [-0.05, 0) is 36.8 Å². The third-order valence-corrected chi connectivity index (χ3v) is 4.86. The maximum absolute atomic E-state index is 12.6. The van der Waals surface area contributed by atoms with Gasteiger partial charge < -0.3 is 14.5 Å². The second kappa shape index (κ2) is 9.55. The zero-order chi connectivity index (χ0) is 24.2. The predicted molar refractivity (Wildman–Crippen MR) is 125 cm³/mol. The van der Waals surface area contributed by atoms with E-state index in [1.54, 1.807) is 37.3 Å². The summed E-state index contributed by atoms with van der Waals surface area (Å²) in [6.45, 7) is 2.04. The van der Waals surface area contributed by atoms with Crippen LogP contribution >= 0.6 is 11.6 Å². The molecule has 0 unspecified atom stereocenters. The zero-order valence-corrected chi connectivity index (χ0v) is 18.4. The van der Waals surface area contributed by atoms with Crippen LogP contribution in [0.25, 0.3) is 10.9 Å². The number of fused-ring (bicyclic) bond motifs is 1. The molecule has 34 heavy (non-hydrogen) atoms. The van der Waals surface area contributed by atoms with Crippen molar-refractivity contribution in [3.63, 3.8) is 0 Å². The monoisotopic (exact) mass is 481 g/mol. The number of benzene rings is 2. The summed E-state index contributed by atoms with van der Waals surface area (Å²) in [5, 5.41) is 15.3. The van der Waals surface area contributed by atoms with Crippen molar-refractivity contribution in [3.05, 3.63) is 96.3 Å². The fourth-order valence-electron chi connectivity index (χ4n) is 3.05. The van der Waals surface area contributed by atoms with E-state index in [0.29, 0.717) is 21.1 Å². The van der Waals surface area contributed by atoms with Crippen molar-refractivity contribution in [1.29, 1.82) is 0 Å². The first-order chi connectivity index (χ1) is 16.4.